The first-order chi connectivity index (χ1) is 21.3. The number of benzene rings is 4. The van der Waals surface area contributed by atoms with Crippen molar-refractivity contribution in [2.45, 2.75) is 31.7 Å². The van der Waals surface area contributed by atoms with Crippen LogP contribution in [0.1, 0.15) is 45.9 Å². The van der Waals surface area contributed by atoms with E-state index in [9.17, 15) is 24.3 Å². The highest BCUT2D eigenvalue weighted by molar-refractivity contribution is 6.03. The average Bonchev–Trinajstić information content (AvgIpc) is 3.48. The molecule has 0 aliphatic carbocycles. The van der Waals surface area contributed by atoms with E-state index in [1.807, 2.05) is 48.5 Å². The summed E-state index contributed by atoms with van der Waals surface area (Å²) < 4.78 is 0. The van der Waals surface area contributed by atoms with Gasteiger partial charge in [-0.2, -0.15) is 0 Å². The number of hydrogen-bond acceptors (Lipinski definition) is 4. The molecule has 5 rings (SSSR count). The smallest absolute Gasteiger partial charge is 0.326 e. The lowest BCUT2D eigenvalue weighted by molar-refractivity contribution is -0.137. The minimum atomic E-state index is -0.959. The second-order valence-electron chi connectivity index (χ2n) is 10.7. The summed E-state index contributed by atoms with van der Waals surface area (Å²) in [7, 11) is 1.68. The maximum atomic E-state index is 13.2. The standard InChI is InChI=1S/C35H34N4O5/c1-38(29-12-7-11-27(23-29)30(18-19-33(41)42)37-34(43)26-9-3-2-4-10-26)32(40)22-24-14-16-28(17-15-24)36-35(44)39-21-20-25-8-5-6-13-31(25)39/h2-17,23,30H,18-22H2,1H3,(H,36,44)(H,37,43)(H,41,42). The third-order valence-electron chi connectivity index (χ3n) is 7.72. The van der Waals surface area contributed by atoms with Gasteiger partial charge in [-0.25, -0.2) is 4.79 Å². The number of amides is 4. The SMILES string of the molecule is CN(C(=O)Cc1ccc(NC(=O)N2CCc3ccccc32)cc1)c1cccc(C(CCC(=O)O)NC(=O)c2ccccc2)c1. The van der Waals surface area contributed by atoms with E-state index >= 15 is 0 Å². The molecule has 4 amide bonds. The van der Waals surface area contributed by atoms with Crippen LogP contribution >= 0.6 is 0 Å². The number of hydrogen-bond donors (Lipinski definition) is 3. The van der Waals surface area contributed by atoms with Crippen molar-refractivity contribution in [3.05, 3.63) is 125 Å². The highest BCUT2D eigenvalue weighted by Gasteiger charge is 2.24. The molecule has 44 heavy (non-hydrogen) atoms. The number of anilines is 3. The second-order valence-corrected chi connectivity index (χ2v) is 10.7. The Hall–Kier alpha value is -5.44. The number of carbonyl (C=O) groups excluding carboxylic acids is 3. The van der Waals surface area contributed by atoms with Gasteiger partial charge in [0.1, 0.15) is 0 Å². The van der Waals surface area contributed by atoms with Gasteiger partial charge in [-0.15, -0.1) is 0 Å². The summed E-state index contributed by atoms with van der Waals surface area (Å²) in [5.41, 5.74) is 5.30. The van der Waals surface area contributed by atoms with Crippen molar-refractivity contribution in [2.24, 2.45) is 0 Å². The van der Waals surface area contributed by atoms with Gasteiger partial charge in [0.25, 0.3) is 5.91 Å². The minimum Gasteiger partial charge on any atom is -0.481 e. The van der Waals surface area contributed by atoms with Gasteiger partial charge in [0.05, 0.1) is 12.5 Å². The summed E-state index contributed by atoms with van der Waals surface area (Å²) in [6.07, 6.45) is 1.04. The summed E-state index contributed by atoms with van der Waals surface area (Å²) in [6, 6.07) is 30.2. The predicted octanol–water partition coefficient (Wildman–Crippen LogP) is 5.82. The summed E-state index contributed by atoms with van der Waals surface area (Å²) in [4.78, 5) is 53.5. The fraction of sp³-hybridized carbons (Fsp3) is 0.200. The van der Waals surface area contributed by atoms with Crippen molar-refractivity contribution >= 4 is 40.9 Å². The van der Waals surface area contributed by atoms with Gasteiger partial charge in [0, 0.05) is 42.6 Å². The Labute approximate surface area is 256 Å². The molecule has 0 fully saturated rings. The van der Waals surface area contributed by atoms with Gasteiger partial charge in [-0.05, 0) is 72.0 Å². The van der Waals surface area contributed by atoms with Crippen LogP contribution in [0.2, 0.25) is 0 Å². The quantitative estimate of drug-likeness (QED) is 0.215. The summed E-state index contributed by atoms with van der Waals surface area (Å²) >= 11 is 0. The number of nitrogens with zero attached hydrogens (tertiary/aromatic N) is 2. The largest absolute Gasteiger partial charge is 0.481 e. The highest BCUT2D eigenvalue weighted by Crippen LogP contribution is 2.28. The molecule has 0 bridgehead atoms. The first-order valence-corrected chi connectivity index (χ1v) is 14.5. The molecule has 3 N–H and O–H groups in total. The number of aliphatic carboxylic acids is 1. The number of urea groups is 1. The lowest BCUT2D eigenvalue weighted by Crippen LogP contribution is -2.33. The molecular formula is C35H34N4O5. The third kappa shape index (κ3) is 7.30. The van der Waals surface area contributed by atoms with Crippen LogP contribution in [-0.4, -0.2) is 42.5 Å². The number of para-hydroxylation sites is 1. The Morgan fingerprint density at radius 1 is 0.886 bits per heavy atom. The Morgan fingerprint density at radius 2 is 1.61 bits per heavy atom. The molecule has 0 saturated carbocycles. The molecule has 1 atom stereocenters. The molecule has 1 aliphatic heterocycles. The number of rotatable bonds is 10. The van der Waals surface area contributed by atoms with Crippen molar-refractivity contribution in [1.29, 1.82) is 0 Å². The van der Waals surface area contributed by atoms with Crippen LogP contribution in [-0.2, 0) is 22.4 Å². The third-order valence-corrected chi connectivity index (χ3v) is 7.72. The van der Waals surface area contributed by atoms with Crippen LogP contribution in [0.4, 0.5) is 21.9 Å². The van der Waals surface area contributed by atoms with Crippen LogP contribution < -0.4 is 20.4 Å². The number of fused-ring (bicyclic) bond motifs is 1. The van der Waals surface area contributed by atoms with Crippen LogP contribution in [0.15, 0.2) is 103 Å². The van der Waals surface area contributed by atoms with E-state index in [-0.39, 0.29) is 37.1 Å². The molecule has 0 radical (unpaired) electrons. The Bertz CT molecular complexity index is 1660. The fourth-order valence-electron chi connectivity index (χ4n) is 5.25. The van der Waals surface area contributed by atoms with Gasteiger partial charge in [0.15, 0.2) is 0 Å². The van der Waals surface area contributed by atoms with E-state index in [1.54, 1.807) is 66.5 Å². The second kappa shape index (κ2) is 13.7. The minimum absolute atomic E-state index is 0.124. The predicted molar refractivity (Wildman–Crippen MR) is 170 cm³/mol. The Morgan fingerprint density at radius 3 is 2.36 bits per heavy atom. The summed E-state index contributed by atoms with van der Waals surface area (Å²) in [5.74, 6) is -1.41. The normalized spacial score (nSPS) is 12.6. The van der Waals surface area contributed by atoms with Gasteiger partial charge < -0.3 is 20.6 Å². The molecule has 4 aromatic carbocycles. The summed E-state index contributed by atoms with van der Waals surface area (Å²) in [5, 5.41) is 15.2. The first kappa shape index (κ1) is 30.0. The van der Waals surface area contributed by atoms with E-state index in [2.05, 4.69) is 10.6 Å². The Kier molecular flexibility index (Phi) is 9.34. The number of carbonyl (C=O) groups is 4. The van der Waals surface area contributed by atoms with E-state index in [0.717, 1.165) is 23.2 Å². The Balaban J connectivity index is 1.22. The lowest BCUT2D eigenvalue weighted by Gasteiger charge is -2.22. The molecule has 0 aromatic heterocycles. The van der Waals surface area contributed by atoms with Crippen LogP contribution in [0.3, 0.4) is 0 Å². The average molecular weight is 591 g/mol. The monoisotopic (exact) mass is 590 g/mol. The molecule has 0 saturated heterocycles. The molecule has 1 aliphatic rings. The molecule has 1 unspecified atom stereocenters. The first-order valence-electron chi connectivity index (χ1n) is 14.5. The van der Waals surface area contributed by atoms with E-state index in [1.165, 1.54) is 4.90 Å². The van der Waals surface area contributed by atoms with Gasteiger partial charge in [-0.3, -0.25) is 19.3 Å². The van der Waals surface area contributed by atoms with Crippen molar-refractivity contribution < 1.29 is 24.3 Å². The molecule has 1 heterocycles. The van der Waals surface area contributed by atoms with E-state index < -0.39 is 12.0 Å². The molecule has 9 nitrogen and oxygen atoms in total. The van der Waals surface area contributed by atoms with Gasteiger partial charge >= 0.3 is 12.0 Å². The molecule has 4 aromatic rings. The van der Waals surface area contributed by atoms with E-state index in [4.69, 9.17) is 0 Å². The van der Waals surface area contributed by atoms with Gasteiger partial charge in [-0.1, -0.05) is 60.7 Å². The number of carboxylic acids is 1. The molecule has 9 heteroatoms. The lowest BCUT2D eigenvalue weighted by atomic mass is 10.00. The molecule has 224 valence electrons. The zero-order valence-electron chi connectivity index (χ0n) is 24.4. The maximum absolute atomic E-state index is 13.2. The number of carboxylic acid groups (broad SMARTS) is 1. The van der Waals surface area contributed by atoms with Crippen molar-refractivity contribution in [3.8, 4) is 0 Å². The van der Waals surface area contributed by atoms with Crippen LogP contribution in [0.25, 0.3) is 0 Å². The van der Waals surface area contributed by atoms with E-state index in [0.29, 0.717) is 29.0 Å². The van der Waals surface area contributed by atoms with Crippen molar-refractivity contribution in [2.75, 3.05) is 28.7 Å². The summed E-state index contributed by atoms with van der Waals surface area (Å²) in [6.45, 7) is 0.630. The molecule has 0 spiro atoms. The zero-order chi connectivity index (χ0) is 31.1. The van der Waals surface area contributed by atoms with Crippen molar-refractivity contribution in [3.63, 3.8) is 0 Å². The van der Waals surface area contributed by atoms with Crippen LogP contribution in [0.5, 0.6) is 0 Å². The fourth-order valence-corrected chi connectivity index (χ4v) is 5.25. The topological polar surface area (TPSA) is 119 Å². The number of likely N-dealkylation sites (N-methyl/N-ethyl adjacent to an activating group) is 1. The molecular weight excluding hydrogens is 556 g/mol. The van der Waals surface area contributed by atoms with Gasteiger partial charge in [0.2, 0.25) is 5.91 Å². The van der Waals surface area contributed by atoms with Crippen molar-refractivity contribution in [1.82, 2.24) is 5.32 Å². The maximum Gasteiger partial charge on any atom is 0.326 e. The number of nitrogens with one attached hydrogen (secondary N) is 2. The highest BCUT2D eigenvalue weighted by atomic mass is 16.4. The van der Waals surface area contributed by atoms with Crippen LogP contribution in [0, 0.1) is 0 Å². The zero-order valence-corrected chi connectivity index (χ0v) is 24.4.